The minimum atomic E-state index is -0.524. The van der Waals surface area contributed by atoms with E-state index in [9.17, 15) is 9.59 Å². The molecule has 1 aliphatic heterocycles. The van der Waals surface area contributed by atoms with Crippen LogP contribution in [-0.4, -0.2) is 11.9 Å². The smallest absolute Gasteiger partial charge is 0.314 e. The summed E-state index contributed by atoms with van der Waals surface area (Å²) in [5.41, 5.74) is 1.25. The monoisotopic (exact) mass is 298 g/mol. The van der Waals surface area contributed by atoms with Gasteiger partial charge in [0.15, 0.2) is 5.58 Å². The highest BCUT2D eigenvalue weighted by atomic mass is 35.5. The van der Waals surface area contributed by atoms with E-state index in [1.54, 1.807) is 12.1 Å². The van der Waals surface area contributed by atoms with Gasteiger partial charge in [-0.2, -0.15) is 0 Å². The van der Waals surface area contributed by atoms with E-state index in [1.807, 2.05) is 0 Å². The first-order chi connectivity index (χ1) is 9.06. The predicted octanol–water partition coefficient (Wildman–Crippen LogP) is 3.69. The van der Waals surface area contributed by atoms with Gasteiger partial charge in [0.05, 0.1) is 24.1 Å². The molecule has 98 valence electrons. The highest BCUT2D eigenvalue weighted by molar-refractivity contribution is 6.45. The van der Waals surface area contributed by atoms with Crippen LogP contribution in [0.4, 0.5) is 0 Å². The second-order valence-corrected chi connectivity index (χ2v) is 5.16. The molecule has 1 saturated heterocycles. The molecule has 0 atom stereocenters. The number of carbonyl (C=O) groups is 2. The third-order valence-electron chi connectivity index (χ3n) is 3.16. The SMILES string of the molecule is O=C1CC(c2cc(Cl)c(Cl)c3occc23)CC(=O)O1. The predicted molar refractivity (Wildman–Crippen MR) is 69.3 cm³/mol. The molecule has 0 spiro atoms. The van der Waals surface area contributed by atoms with Crippen LogP contribution in [0.1, 0.15) is 24.3 Å². The second kappa shape index (κ2) is 4.54. The summed E-state index contributed by atoms with van der Waals surface area (Å²) in [5.74, 6) is -1.31. The largest absolute Gasteiger partial charge is 0.463 e. The number of halogens is 2. The molecule has 0 N–H and O–H groups in total. The molecular formula is C13H8Cl2O4. The van der Waals surface area contributed by atoms with Crippen molar-refractivity contribution in [2.45, 2.75) is 18.8 Å². The molecule has 0 saturated carbocycles. The number of ether oxygens (including phenoxy) is 1. The molecule has 1 aromatic heterocycles. The highest BCUT2D eigenvalue weighted by Gasteiger charge is 2.30. The van der Waals surface area contributed by atoms with Gasteiger partial charge in [0.1, 0.15) is 5.02 Å². The summed E-state index contributed by atoms with van der Waals surface area (Å²) in [4.78, 5) is 22.7. The van der Waals surface area contributed by atoms with Gasteiger partial charge >= 0.3 is 11.9 Å². The fourth-order valence-corrected chi connectivity index (χ4v) is 2.74. The number of rotatable bonds is 1. The van der Waals surface area contributed by atoms with Gasteiger partial charge in [0, 0.05) is 11.3 Å². The first kappa shape index (κ1) is 12.5. The summed E-state index contributed by atoms with van der Waals surface area (Å²) in [6, 6.07) is 3.43. The second-order valence-electron chi connectivity index (χ2n) is 4.38. The molecule has 1 fully saturated rings. The van der Waals surface area contributed by atoms with E-state index in [2.05, 4.69) is 4.74 Å². The van der Waals surface area contributed by atoms with Gasteiger partial charge in [-0.15, -0.1) is 0 Å². The fourth-order valence-electron chi connectivity index (χ4n) is 2.34. The van der Waals surface area contributed by atoms with Crippen LogP contribution in [-0.2, 0) is 14.3 Å². The van der Waals surface area contributed by atoms with E-state index in [0.717, 1.165) is 10.9 Å². The van der Waals surface area contributed by atoms with E-state index in [-0.39, 0.29) is 18.8 Å². The van der Waals surface area contributed by atoms with Crippen LogP contribution in [0.15, 0.2) is 22.8 Å². The molecule has 19 heavy (non-hydrogen) atoms. The molecular weight excluding hydrogens is 291 g/mol. The molecule has 0 radical (unpaired) electrons. The maximum Gasteiger partial charge on any atom is 0.314 e. The Labute approximate surface area is 118 Å². The molecule has 3 rings (SSSR count). The molecule has 1 aliphatic rings. The number of hydrogen-bond donors (Lipinski definition) is 0. The zero-order valence-electron chi connectivity index (χ0n) is 9.61. The van der Waals surface area contributed by atoms with Gasteiger partial charge < -0.3 is 9.15 Å². The summed E-state index contributed by atoms with van der Waals surface area (Å²) in [5, 5.41) is 1.43. The van der Waals surface area contributed by atoms with Gasteiger partial charge in [0.25, 0.3) is 0 Å². The highest BCUT2D eigenvalue weighted by Crippen LogP contribution is 2.40. The lowest BCUT2D eigenvalue weighted by Gasteiger charge is -2.21. The van der Waals surface area contributed by atoms with Crippen molar-refractivity contribution < 1.29 is 18.7 Å². The standard InChI is InChI=1S/C13H8Cl2O4/c14-9-5-8(6-3-10(16)19-11(17)4-6)7-1-2-18-13(7)12(9)15/h1-2,5-6H,3-4H2. The van der Waals surface area contributed by atoms with Crippen LogP contribution >= 0.6 is 23.2 Å². The zero-order chi connectivity index (χ0) is 13.6. The van der Waals surface area contributed by atoms with Crippen molar-refractivity contribution in [3.63, 3.8) is 0 Å². The Morgan fingerprint density at radius 1 is 1.16 bits per heavy atom. The summed E-state index contributed by atoms with van der Waals surface area (Å²) >= 11 is 12.1. The number of hydrogen-bond acceptors (Lipinski definition) is 4. The molecule has 0 aliphatic carbocycles. The summed E-state index contributed by atoms with van der Waals surface area (Å²) in [7, 11) is 0. The molecule has 0 unspecified atom stereocenters. The van der Waals surface area contributed by atoms with E-state index in [0.29, 0.717) is 15.6 Å². The average molecular weight is 299 g/mol. The Hall–Kier alpha value is -1.52. The van der Waals surface area contributed by atoms with Gasteiger partial charge in [-0.3, -0.25) is 9.59 Å². The topological polar surface area (TPSA) is 56.5 Å². The van der Waals surface area contributed by atoms with Crippen molar-refractivity contribution in [2.24, 2.45) is 0 Å². The lowest BCUT2D eigenvalue weighted by Crippen LogP contribution is -2.24. The average Bonchev–Trinajstić information content (AvgIpc) is 2.81. The van der Waals surface area contributed by atoms with Crippen LogP contribution in [0.3, 0.4) is 0 Å². The lowest BCUT2D eigenvalue weighted by atomic mass is 9.89. The van der Waals surface area contributed by atoms with Crippen molar-refractivity contribution >= 4 is 46.1 Å². The Balaban J connectivity index is 2.14. The Morgan fingerprint density at radius 3 is 2.53 bits per heavy atom. The van der Waals surface area contributed by atoms with E-state index in [4.69, 9.17) is 27.6 Å². The molecule has 2 aromatic rings. The molecule has 4 nitrogen and oxygen atoms in total. The molecule has 2 heterocycles. The van der Waals surface area contributed by atoms with Gasteiger partial charge in [0.2, 0.25) is 0 Å². The number of furan rings is 1. The Kier molecular flexibility index (Phi) is 2.99. The molecule has 0 amide bonds. The quantitative estimate of drug-likeness (QED) is 0.595. The first-order valence-electron chi connectivity index (χ1n) is 5.65. The Morgan fingerprint density at radius 2 is 1.84 bits per heavy atom. The van der Waals surface area contributed by atoms with E-state index in [1.165, 1.54) is 6.26 Å². The van der Waals surface area contributed by atoms with Gasteiger partial charge in [-0.1, -0.05) is 23.2 Å². The van der Waals surface area contributed by atoms with Gasteiger partial charge in [-0.05, 0) is 17.7 Å². The number of fused-ring (bicyclic) bond motifs is 1. The third kappa shape index (κ3) is 2.11. The maximum absolute atomic E-state index is 11.4. The number of carbonyl (C=O) groups excluding carboxylic acids is 2. The number of cyclic esters (lactones) is 2. The van der Waals surface area contributed by atoms with Crippen molar-refractivity contribution in [2.75, 3.05) is 0 Å². The van der Waals surface area contributed by atoms with Crippen molar-refractivity contribution in [3.8, 4) is 0 Å². The van der Waals surface area contributed by atoms with Gasteiger partial charge in [-0.25, -0.2) is 0 Å². The minimum absolute atomic E-state index is 0.143. The zero-order valence-corrected chi connectivity index (χ0v) is 11.1. The molecule has 6 heteroatoms. The van der Waals surface area contributed by atoms with Crippen LogP contribution in [0.2, 0.25) is 10.0 Å². The van der Waals surface area contributed by atoms with Crippen LogP contribution < -0.4 is 0 Å². The minimum Gasteiger partial charge on any atom is -0.463 e. The maximum atomic E-state index is 11.4. The van der Waals surface area contributed by atoms with Crippen LogP contribution in [0, 0.1) is 0 Å². The van der Waals surface area contributed by atoms with Crippen molar-refractivity contribution in [3.05, 3.63) is 34.0 Å². The summed E-state index contributed by atoms with van der Waals surface area (Å²) < 4.78 is 9.82. The molecule has 0 bridgehead atoms. The van der Waals surface area contributed by atoms with Crippen molar-refractivity contribution in [1.29, 1.82) is 0 Å². The number of benzene rings is 1. The van der Waals surface area contributed by atoms with E-state index < -0.39 is 11.9 Å². The molecule has 1 aromatic carbocycles. The Bertz CT molecular complexity index is 673. The number of esters is 2. The first-order valence-corrected chi connectivity index (χ1v) is 6.40. The van der Waals surface area contributed by atoms with E-state index >= 15 is 0 Å². The van der Waals surface area contributed by atoms with Crippen LogP contribution in [0.25, 0.3) is 11.0 Å². The van der Waals surface area contributed by atoms with Crippen molar-refractivity contribution in [1.82, 2.24) is 0 Å². The summed E-state index contributed by atoms with van der Waals surface area (Å²) in [6.07, 6.45) is 1.79. The summed E-state index contributed by atoms with van der Waals surface area (Å²) in [6.45, 7) is 0. The van der Waals surface area contributed by atoms with Crippen LogP contribution in [0.5, 0.6) is 0 Å². The lowest BCUT2D eigenvalue weighted by molar-refractivity contribution is -0.163. The fraction of sp³-hybridized carbons (Fsp3) is 0.231. The third-order valence-corrected chi connectivity index (χ3v) is 3.93. The normalized spacial score (nSPS) is 16.9.